The van der Waals surface area contributed by atoms with Gasteiger partial charge in [0.1, 0.15) is 5.60 Å². The lowest BCUT2D eigenvalue weighted by Gasteiger charge is -2.46. The second-order valence-electron chi connectivity index (χ2n) is 4.64. The Morgan fingerprint density at radius 1 is 0.947 bits per heavy atom. The van der Waals surface area contributed by atoms with Gasteiger partial charge in [0.05, 0.1) is 52.4 Å². The van der Waals surface area contributed by atoms with Gasteiger partial charge in [0.25, 0.3) is 0 Å². The SMILES string of the molecule is CCOCCOCCOCCOC1(CC)COC1C. The molecule has 5 heteroatoms. The van der Waals surface area contributed by atoms with Gasteiger partial charge in [0.2, 0.25) is 0 Å². The second kappa shape index (κ2) is 9.66. The van der Waals surface area contributed by atoms with E-state index in [2.05, 4.69) is 13.8 Å². The molecule has 19 heavy (non-hydrogen) atoms. The maximum absolute atomic E-state index is 5.88. The Bertz CT molecular complexity index is 220. The van der Waals surface area contributed by atoms with Gasteiger partial charge < -0.3 is 23.7 Å². The zero-order valence-corrected chi connectivity index (χ0v) is 12.5. The number of rotatable bonds is 12. The van der Waals surface area contributed by atoms with Gasteiger partial charge in [-0.05, 0) is 20.3 Å². The summed E-state index contributed by atoms with van der Waals surface area (Å²) >= 11 is 0. The smallest absolute Gasteiger partial charge is 0.117 e. The van der Waals surface area contributed by atoms with Crippen LogP contribution in [0.2, 0.25) is 0 Å². The van der Waals surface area contributed by atoms with Crippen LogP contribution in [0.3, 0.4) is 0 Å². The molecule has 1 aliphatic rings. The minimum absolute atomic E-state index is 0.0860. The van der Waals surface area contributed by atoms with Gasteiger partial charge in [-0.25, -0.2) is 0 Å². The molecule has 0 aliphatic carbocycles. The zero-order valence-electron chi connectivity index (χ0n) is 12.5. The van der Waals surface area contributed by atoms with Crippen LogP contribution in [0.25, 0.3) is 0 Å². The standard InChI is InChI=1S/C14H28O5/c1-4-14(12-18-13(14)3)19-11-10-17-9-8-16-7-6-15-5-2/h13H,4-12H2,1-3H3. The molecule has 0 aromatic rings. The quantitative estimate of drug-likeness (QED) is 0.507. The van der Waals surface area contributed by atoms with Crippen molar-refractivity contribution in [2.75, 3.05) is 52.9 Å². The normalized spacial score (nSPS) is 26.4. The van der Waals surface area contributed by atoms with Crippen LogP contribution in [0, 0.1) is 0 Å². The first-order valence-electron chi connectivity index (χ1n) is 7.24. The molecular formula is C14H28O5. The highest BCUT2D eigenvalue weighted by atomic mass is 16.6. The van der Waals surface area contributed by atoms with E-state index in [9.17, 15) is 0 Å². The molecule has 1 rings (SSSR count). The van der Waals surface area contributed by atoms with Crippen molar-refractivity contribution in [3.8, 4) is 0 Å². The van der Waals surface area contributed by atoms with Gasteiger partial charge in [-0.1, -0.05) is 6.92 Å². The summed E-state index contributed by atoms with van der Waals surface area (Å²) in [6, 6.07) is 0. The average Bonchev–Trinajstić information content (AvgIpc) is 2.43. The predicted octanol–water partition coefficient (Wildman–Crippen LogP) is 1.64. The summed E-state index contributed by atoms with van der Waals surface area (Å²) in [5, 5.41) is 0. The molecule has 0 saturated carbocycles. The average molecular weight is 276 g/mol. The third-order valence-electron chi connectivity index (χ3n) is 3.48. The number of hydrogen-bond acceptors (Lipinski definition) is 5. The summed E-state index contributed by atoms with van der Waals surface area (Å²) in [5.41, 5.74) is -0.0860. The van der Waals surface area contributed by atoms with E-state index in [-0.39, 0.29) is 11.7 Å². The highest BCUT2D eigenvalue weighted by molar-refractivity contribution is 4.93. The van der Waals surface area contributed by atoms with Crippen molar-refractivity contribution >= 4 is 0 Å². The Balaban J connectivity index is 1.86. The fourth-order valence-electron chi connectivity index (χ4n) is 1.97. The molecule has 5 nitrogen and oxygen atoms in total. The van der Waals surface area contributed by atoms with E-state index >= 15 is 0 Å². The van der Waals surface area contributed by atoms with Crippen LogP contribution in [0.4, 0.5) is 0 Å². The molecule has 0 aromatic heterocycles. The summed E-state index contributed by atoms with van der Waals surface area (Å²) in [5.74, 6) is 0. The van der Waals surface area contributed by atoms with Crippen LogP contribution in [0.1, 0.15) is 27.2 Å². The van der Waals surface area contributed by atoms with Crippen LogP contribution in [-0.2, 0) is 23.7 Å². The zero-order chi connectivity index (χ0) is 14.0. The summed E-state index contributed by atoms with van der Waals surface area (Å²) in [4.78, 5) is 0. The predicted molar refractivity (Wildman–Crippen MR) is 72.5 cm³/mol. The van der Waals surface area contributed by atoms with Gasteiger partial charge in [-0.15, -0.1) is 0 Å². The summed E-state index contributed by atoms with van der Waals surface area (Å²) < 4.78 is 27.2. The fourth-order valence-corrected chi connectivity index (χ4v) is 1.97. The highest BCUT2D eigenvalue weighted by Crippen LogP contribution is 2.32. The molecule has 1 saturated heterocycles. The van der Waals surface area contributed by atoms with E-state index < -0.39 is 0 Å². The van der Waals surface area contributed by atoms with Crippen LogP contribution in [-0.4, -0.2) is 64.6 Å². The minimum Gasteiger partial charge on any atom is -0.379 e. The Morgan fingerprint density at radius 3 is 1.95 bits per heavy atom. The minimum atomic E-state index is -0.0860. The van der Waals surface area contributed by atoms with Crippen molar-refractivity contribution in [2.24, 2.45) is 0 Å². The van der Waals surface area contributed by atoms with E-state index in [0.29, 0.717) is 46.2 Å². The Hall–Kier alpha value is -0.200. The summed E-state index contributed by atoms with van der Waals surface area (Å²) in [7, 11) is 0. The first-order valence-corrected chi connectivity index (χ1v) is 7.24. The maximum atomic E-state index is 5.88. The number of hydrogen-bond donors (Lipinski definition) is 0. The van der Waals surface area contributed by atoms with Gasteiger partial charge in [0, 0.05) is 6.61 Å². The molecule has 0 bridgehead atoms. The number of ether oxygens (including phenoxy) is 5. The Labute approximate surface area is 116 Å². The molecule has 0 aromatic carbocycles. The topological polar surface area (TPSA) is 46.2 Å². The molecule has 0 radical (unpaired) electrons. The van der Waals surface area contributed by atoms with E-state index in [1.807, 2.05) is 6.92 Å². The van der Waals surface area contributed by atoms with Crippen LogP contribution in [0.5, 0.6) is 0 Å². The maximum Gasteiger partial charge on any atom is 0.117 e. The van der Waals surface area contributed by atoms with Crippen molar-refractivity contribution in [3.63, 3.8) is 0 Å². The monoisotopic (exact) mass is 276 g/mol. The van der Waals surface area contributed by atoms with Crippen molar-refractivity contribution in [3.05, 3.63) is 0 Å². The van der Waals surface area contributed by atoms with E-state index in [1.54, 1.807) is 0 Å². The molecule has 1 aliphatic heterocycles. The molecule has 2 unspecified atom stereocenters. The lowest BCUT2D eigenvalue weighted by Crippen LogP contribution is -2.58. The Morgan fingerprint density at radius 2 is 1.53 bits per heavy atom. The summed E-state index contributed by atoms with van der Waals surface area (Å²) in [6.45, 7) is 11.3. The molecule has 2 atom stereocenters. The molecule has 114 valence electrons. The fraction of sp³-hybridized carbons (Fsp3) is 1.00. The van der Waals surface area contributed by atoms with Gasteiger partial charge in [-0.3, -0.25) is 0 Å². The summed E-state index contributed by atoms with van der Waals surface area (Å²) in [6.07, 6.45) is 1.17. The molecule has 0 N–H and O–H groups in total. The van der Waals surface area contributed by atoms with Crippen molar-refractivity contribution < 1.29 is 23.7 Å². The van der Waals surface area contributed by atoms with Crippen molar-refractivity contribution in [1.29, 1.82) is 0 Å². The second-order valence-corrected chi connectivity index (χ2v) is 4.64. The largest absolute Gasteiger partial charge is 0.379 e. The van der Waals surface area contributed by atoms with Gasteiger partial charge in [-0.2, -0.15) is 0 Å². The van der Waals surface area contributed by atoms with Gasteiger partial charge >= 0.3 is 0 Å². The molecule has 1 fully saturated rings. The third kappa shape index (κ3) is 5.75. The van der Waals surface area contributed by atoms with E-state index in [4.69, 9.17) is 23.7 Å². The lowest BCUT2D eigenvalue weighted by atomic mass is 9.90. The Kier molecular flexibility index (Phi) is 8.57. The molecular weight excluding hydrogens is 248 g/mol. The molecule has 1 heterocycles. The first kappa shape index (κ1) is 16.9. The van der Waals surface area contributed by atoms with Crippen molar-refractivity contribution in [2.45, 2.75) is 38.9 Å². The van der Waals surface area contributed by atoms with Gasteiger partial charge in [0.15, 0.2) is 0 Å². The third-order valence-corrected chi connectivity index (χ3v) is 3.48. The van der Waals surface area contributed by atoms with Crippen LogP contribution in [0.15, 0.2) is 0 Å². The molecule has 0 spiro atoms. The van der Waals surface area contributed by atoms with E-state index in [1.165, 1.54) is 0 Å². The van der Waals surface area contributed by atoms with Crippen LogP contribution >= 0.6 is 0 Å². The molecule has 0 amide bonds. The van der Waals surface area contributed by atoms with Crippen molar-refractivity contribution in [1.82, 2.24) is 0 Å². The van der Waals surface area contributed by atoms with E-state index in [0.717, 1.165) is 13.0 Å². The van der Waals surface area contributed by atoms with Crippen LogP contribution < -0.4 is 0 Å². The lowest BCUT2D eigenvalue weighted by molar-refractivity contribution is -0.258. The first-order chi connectivity index (χ1) is 9.25. The highest BCUT2D eigenvalue weighted by Gasteiger charge is 2.45.